The molecule has 7 nitrogen and oxygen atoms in total. The van der Waals surface area contributed by atoms with Gasteiger partial charge in [-0.1, -0.05) is 23.7 Å². The zero-order valence-electron chi connectivity index (χ0n) is 15.8. The zero-order valence-corrected chi connectivity index (χ0v) is 16.6. The van der Waals surface area contributed by atoms with Crippen LogP contribution in [0.2, 0.25) is 5.02 Å². The average Bonchev–Trinajstić information content (AvgIpc) is 2.69. The van der Waals surface area contributed by atoms with Crippen molar-refractivity contribution in [1.29, 1.82) is 0 Å². The molecule has 150 valence electrons. The Labute approximate surface area is 170 Å². The lowest BCUT2D eigenvalue weighted by Crippen LogP contribution is -2.27. The first-order valence-corrected chi connectivity index (χ1v) is 8.82. The molecule has 3 aromatic rings. The van der Waals surface area contributed by atoms with Crippen LogP contribution in [-0.2, 0) is 0 Å². The monoisotopic (exact) mass is 417 g/mol. The molecule has 9 heteroatoms. The summed E-state index contributed by atoms with van der Waals surface area (Å²) in [6.07, 6.45) is 0. The van der Waals surface area contributed by atoms with Crippen LogP contribution in [-0.4, -0.2) is 29.9 Å². The van der Waals surface area contributed by atoms with Gasteiger partial charge in [-0.15, -0.1) is 0 Å². The van der Waals surface area contributed by atoms with Crippen molar-refractivity contribution in [2.75, 3.05) is 19.5 Å². The Morgan fingerprint density at radius 3 is 2.48 bits per heavy atom. The van der Waals surface area contributed by atoms with Gasteiger partial charge in [0.15, 0.2) is 5.69 Å². The summed E-state index contributed by atoms with van der Waals surface area (Å²) in [5.74, 6) is -0.695. The number of hydrogen-bond donors (Lipinski definition) is 1. The van der Waals surface area contributed by atoms with Crippen LogP contribution in [0, 0.1) is 12.7 Å². The number of carbonyl (C=O) groups is 1. The molecule has 2 aromatic carbocycles. The molecule has 0 saturated heterocycles. The van der Waals surface area contributed by atoms with Gasteiger partial charge in [-0.05, 0) is 25.1 Å². The Morgan fingerprint density at radius 1 is 1.14 bits per heavy atom. The number of aryl methyl sites for hydroxylation is 1. The average molecular weight is 418 g/mol. The number of aromatic nitrogens is 2. The van der Waals surface area contributed by atoms with Gasteiger partial charge >= 0.3 is 0 Å². The van der Waals surface area contributed by atoms with Crippen LogP contribution in [0.25, 0.3) is 5.69 Å². The number of halogens is 2. The SMILES string of the molecule is COc1cc(OC)c(NC(=O)c2nn(-c3ccccc3F)c(C)cc2=O)cc1Cl. The number of methoxy groups -OCH3 is 2. The number of nitrogens with one attached hydrogen (secondary N) is 1. The molecule has 0 fully saturated rings. The molecule has 1 heterocycles. The van der Waals surface area contributed by atoms with Gasteiger partial charge in [-0.2, -0.15) is 5.10 Å². The van der Waals surface area contributed by atoms with E-state index in [-0.39, 0.29) is 22.1 Å². The highest BCUT2D eigenvalue weighted by Gasteiger charge is 2.19. The molecule has 0 atom stereocenters. The molecular weight excluding hydrogens is 401 g/mol. The molecule has 1 N–H and O–H groups in total. The number of anilines is 1. The number of nitrogens with zero attached hydrogens (tertiary/aromatic N) is 2. The maximum Gasteiger partial charge on any atom is 0.280 e. The number of hydrogen-bond acceptors (Lipinski definition) is 5. The molecule has 0 bridgehead atoms. The van der Waals surface area contributed by atoms with Gasteiger partial charge in [0.05, 0.1) is 24.9 Å². The van der Waals surface area contributed by atoms with Crippen molar-refractivity contribution >= 4 is 23.2 Å². The third-order valence-electron chi connectivity index (χ3n) is 4.13. The van der Waals surface area contributed by atoms with Gasteiger partial charge in [-0.3, -0.25) is 9.59 Å². The standard InChI is InChI=1S/C20H17ClFN3O4/c1-11-8-16(26)19(24-25(11)15-7-5-4-6-13(15)22)20(27)23-14-9-12(21)17(28-2)10-18(14)29-3/h4-10H,1-3H3,(H,23,27). The minimum atomic E-state index is -0.792. The van der Waals surface area contributed by atoms with Gasteiger partial charge in [0.2, 0.25) is 5.43 Å². The molecule has 0 aliphatic heterocycles. The summed E-state index contributed by atoms with van der Waals surface area (Å²) in [7, 11) is 2.86. The minimum Gasteiger partial charge on any atom is -0.495 e. The molecule has 0 spiro atoms. The number of para-hydroxylation sites is 1. The number of rotatable bonds is 5. The van der Waals surface area contributed by atoms with E-state index in [0.29, 0.717) is 11.4 Å². The van der Waals surface area contributed by atoms with E-state index in [1.165, 1.54) is 55.3 Å². The fourth-order valence-corrected chi connectivity index (χ4v) is 2.95. The van der Waals surface area contributed by atoms with Gasteiger partial charge in [-0.25, -0.2) is 9.07 Å². The molecule has 29 heavy (non-hydrogen) atoms. The number of benzene rings is 2. The lowest BCUT2D eigenvalue weighted by atomic mass is 10.2. The van der Waals surface area contributed by atoms with Gasteiger partial charge in [0.1, 0.15) is 23.0 Å². The lowest BCUT2D eigenvalue weighted by molar-refractivity contribution is 0.101. The van der Waals surface area contributed by atoms with Crippen molar-refractivity contribution in [3.8, 4) is 17.2 Å². The summed E-state index contributed by atoms with van der Waals surface area (Å²) in [6.45, 7) is 1.59. The fourth-order valence-electron chi connectivity index (χ4n) is 2.71. The fraction of sp³-hybridized carbons (Fsp3) is 0.150. The van der Waals surface area contributed by atoms with Gasteiger partial charge in [0.25, 0.3) is 5.91 Å². The summed E-state index contributed by atoms with van der Waals surface area (Å²) in [4.78, 5) is 25.1. The van der Waals surface area contributed by atoms with Crippen LogP contribution in [0.15, 0.2) is 47.3 Å². The second-order valence-electron chi connectivity index (χ2n) is 6.00. The Bertz CT molecular complexity index is 1150. The lowest BCUT2D eigenvalue weighted by Gasteiger charge is -2.14. The Kier molecular flexibility index (Phi) is 5.84. The van der Waals surface area contributed by atoms with E-state index in [1.807, 2.05) is 0 Å². The van der Waals surface area contributed by atoms with Crippen molar-refractivity contribution in [2.45, 2.75) is 6.92 Å². The molecule has 3 rings (SSSR count). The topological polar surface area (TPSA) is 82.4 Å². The first-order valence-electron chi connectivity index (χ1n) is 8.44. The summed E-state index contributed by atoms with van der Waals surface area (Å²) in [6, 6.07) is 10.1. The third kappa shape index (κ3) is 4.07. The van der Waals surface area contributed by atoms with E-state index >= 15 is 0 Å². The van der Waals surface area contributed by atoms with Gasteiger partial charge < -0.3 is 14.8 Å². The van der Waals surface area contributed by atoms with E-state index in [1.54, 1.807) is 13.0 Å². The van der Waals surface area contributed by atoms with Crippen molar-refractivity contribution < 1.29 is 18.7 Å². The predicted molar refractivity (Wildman–Crippen MR) is 107 cm³/mol. The largest absolute Gasteiger partial charge is 0.495 e. The number of carbonyl (C=O) groups excluding carboxylic acids is 1. The summed E-state index contributed by atoms with van der Waals surface area (Å²) in [5, 5.41) is 6.85. The summed E-state index contributed by atoms with van der Waals surface area (Å²) in [5.41, 5.74) is -0.299. The van der Waals surface area contributed by atoms with E-state index in [0.717, 1.165) is 0 Å². The normalized spacial score (nSPS) is 10.5. The van der Waals surface area contributed by atoms with Crippen LogP contribution < -0.4 is 20.2 Å². The summed E-state index contributed by atoms with van der Waals surface area (Å²) < 4.78 is 25.7. The highest BCUT2D eigenvalue weighted by Crippen LogP contribution is 2.36. The predicted octanol–water partition coefficient (Wildman–Crippen LogP) is 3.60. The number of ether oxygens (including phenoxy) is 2. The molecule has 1 amide bonds. The van der Waals surface area contributed by atoms with Crippen LogP contribution in [0.4, 0.5) is 10.1 Å². The van der Waals surface area contributed by atoms with Crippen molar-refractivity contribution in [3.05, 3.63) is 74.9 Å². The van der Waals surface area contributed by atoms with E-state index < -0.39 is 22.8 Å². The van der Waals surface area contributed by atoms with Crippen molar-refractivity contribution in [2.24, 2.45) is 0 Å². The van der Waals surface area contributed by atoms with Crippen LogP contribution >= 0.6 is 11.6 Å². The molecule has 1 aromatic heterocycles. The van der Waals surface area contributed by atoms with E-state index in [9.17, 15) is 14.0 Å². The van der Waals surface area contributed by atoms with E-state index in [2.05, 4.69) is 10.4 Å². The van der Waals surface area contributed by atoms with Crippen LogP contribution in [0.5, 0.6) is 11.5 Å². The van der Waals surface area contributed by atoms with Crippen molar-refractivity contribution in [3.63, 3.8) is 0 Å². The molecule has 0 aliphatic rings. The maximum atomic E-state index is 14.2. The maximum absolute atomic E-state index is 14.2. The Morgan fingerprint density at radius 2 is 1.83 bits per heavy atom. The third-order valence-corrected chi connectivity index (χ3v) is 4.42. The number of amides is 1. The van der Waals surface area contributed by atoms with Crippen molar-refractivity contribution in [1.82, 2.24) is 9.78 Å². The molecular formula is C20H17ClFN3O4. The minimum absolute atomic E-state index is 0.115. The second-order valence-corrected chi connectivity index (χ2v) is 6.41. The van der Waals surface area contributed by atoms with E-state index in [4.69, 9.17) is 21.1 Å². The highest BCUT2D eigenvalue weighted by molar-refractivity contribution is 6.32. The van der Waals surface area contributed by atoms with Crippen LogP contribution in [0.1, 0.15) is 16.2 Å². The zero-order chi connectivity index (χ0) is 21.1. The molecule has 0 saturated carbocycles. The second kappa shape index (κ2) is 8.32. The van der Waals surface area contributed by atoms with Crippen LogP contribution in [0.3, 0.4) is 0 Å². The quantitative estimate of drug-likeness (QED) is 0.685. The molecule has 0 aliphatic carbocycles. The smallest absolute Gasteiger partial charge is 0.280 e. The first-order chi connectivity index (χ1) is 13.8. The molecule has 0 radical (unpaired) electrons. The first kappa shape index (κ1) is 20.3. The Hall–Kier alpha value is -3.39. The summed E-state index contributed by atoms with van der Waals surface area (Å²) >= 11 is 6.11. The van der Waals surface area contributed by atoms with Gasteiger partial charge in [0, 0.05) is 17.8 Å². The molecule has 0 unspecified atom stereocenters. The Balaban J connectivity index is 2.03. The highest BCUT2D eigenvalue weighted by atomic mass is 35.5.